The molecule has 0 radical (unpaired) electrons. The zero-order valence-electron chi connectivity index (χ0n) is 16.7. The first-order valence-corrected chi connectivity index (χ1v) is 10.8. The van der Waals surface area contributed by atoms with E-state index < -0.39 is 0 Å². The van der Waals surface area contributed by atoms with Crippen molar-refractivity contribution in [3.05, 3.63) is 64.9 Å². The number of aryl methyl sites for hydroxylation is 1. The van der Waals surface area contributed by atoms with Crippen LogP contribution in [0.3, 0.4) is 0 Å². The minimum Gasteiger partial charge on any atom is -0.326 e. The molecule has 0 saturated carbocycles. The molecule has 7 nitrogen and oxygen atoms in total. The fourth-order valence-corrected chi connectivity index (χ4v) is 3.63. The van der Waals surface area contributed by atoms with Crippen LogP contribution in [0.5, 0.6) is 0 Å². The molecule has 0 unspecified atom stereocenters. The number of halogens is 1. The number of hydrogen-bond donors (Lipinski definition) is 2. The molecule has 1 aromatic heterocycles. The van der Waals surface area contributed by atoms with Crippen molar-refractivity contribution in [3.63, 3.8) is 0 Å². The third-order valence-electron chi connectivity index (χ3n) is 4.38. The van der Waals surface area contributed by atoms with E-state index in [4.69, 9.17) is 11.6 Å². The Morgan fingerprint density at radius 2 is 1.77 bits per heavy atom. The number of amides is 2. The van der Waals surface area contributed by atoms with Crippen LogP contribution in [-0.2, 0) is 29.5 Å². The highest BCUT2D eigenvalue weighted by Crippen LogP contribution is 2.19. The van der Waals surface area contributed by atoms with Gasteiger partial charge in [-0.3, -0.25) is 9.59 Å². The second kappa shape index (κ2) is 10.3. The number of carbonyl (C=O) groups excluding carboxylic acids is 2. The van der Waals surface area contributed by atoms with Crippen LogP contribution in [0.15, 0.2) is 53.7 Å². The third kappa shape index (κ3) is 5.84. The van der Waals surface area contributed by atoms with Crippen molar-refractivity contribution in [2.45, 2.75) is 24.9 Å². The van der Waals surface area contributed by atoms with Crippen LogP contribution < -0.4 is 10.6 Å². The van der Waals surface area contributed by atoms with Crippen molar-refractivity contribution in [3.8, 4) is 0 Å². The minimum absolute atomic E-state index is 0.0722. The van der Waals surface area contributed by atoms with E-state index in [2.05, 4.69) is 20.8 Å². The summed E-state index contributed by atoms with van der Waals surface area (Å²) in [6.45, 7) is 2.05. The number of rotatable bonds is 8. The molecule has 0 aliphatic carbocycles. The second-order valence-corrected chi connectivity index (χ2v) is 7.92. The van der Waals surface area contributed by atoms with E-state index in [1.165, 1.54) is 11.8 Å². The molecule has 0 bridgehead atoms. The average Bonchev–Trinajstić information content (AvgIpc) is 3.08. The van der Waals surface area contributed by atoms with E-state index in [1.807, 2.05) is 31.2 Å². The average molecular weight is 444 g/mol. The van der Waals surface area contributed by atoms with E-state index in [1.54, 1.807) is 35.9 Å². The summed E-state index contributed by atoms with van der Waals surface area (Å²) in [6.07, 6.45) is 0.914. The topological polar surface area (TPSA) is 88.9 Å². The summed E-state index contributed by atoms with van der Waals surface area (Å²) in [4.78, 5) is 24.6. The Hall–Kier alpha value is -2.84. The van der Waals surface area contributed by atoms with Crippen LogP contribution in [-0.4, -0.2) is 32.3 Å². The summed E-state index contributed by atoms with van der Waals surface area (Å²) in [5.41, 5.74) is 2.57. The van der Waals surface area contributed by atoms with Crippen LogP contribution in [0.2, 0.25) is 5.02 Å². The van der Waals surface area contributed by atoms with Gasteiger partial charge in [0.2, 0.25) is 11.8 Å². The largest absolute Gasteiger partial charge is 0.326 e. The summed E-state index contributed by atoms with van der Waals surface area (Å²) >= 11 is 7.12. The van der Waals surface area contributed by atoms with Gasteiger partial charge in [-0.25, -0.2) is 0 Å². The normalized spacial score (nSPS) is 10.6. The summed E-state index contributed by atoms with van der Waals surface area (Å²) in [6, 6.07) is 14.6. The lowest BCUT2D eigenvalue weighted by Crippen LogP contribution is -2.17. The zero-order valence-corrected chi connectivity index (χ0v) is 18.3. The van der Waals surface area contributed by atoms with E-state index >= 15 is 0 Å². The number of hydrogen-bond acceptors (Lipinski definition) is 5. The first-order chi connectivity index (χ1) is 14.5. The van der Waals surface area contributed by atoms with Crippen LogP contribution in [0.4, 0.5) is 11.4 Å². The Balaban J connectivity index is 1.54. The Bertz CT molecular complexity index is 1040. The highest BCUT2D eigenvalue weighted by atomic mass is 35.5. The monoisotopic (exact) mass is 443 g/mol. The number of anilines is 2. The Labute approximate surface area is 184 Å². The van der Waals surface area contributed by atoms with E-state index in [0.29, 0.717) is 21.7 Å². The molecule has 0 aliphatic rings. The van der Waals surface area contributed by atoms with Gasteiger partial charge in [-0.05, 0) is 42.3 Å². The van der Waals surface area contributed by atoms with Gasteiger partial charge in [-0.2, -0.15) is 0 Å². The first-order valence-electron chi connectivity index (χ1n) is 9.40. The smallest absolute Gasteiger partial charge is 0.234 e. The quantitative estimate of drug-likeness (QED) is 0.515. The zero-order chi connectivity index (χ0) is 21.5. The molecule has 1 heterocycles. The van der Waals surface area contributed by atoms with E-state index in [0.717, 1.165) is 17.7 Å². The molecule has 3 rings (SSSR count). The van der Waals surface area contributed by atoms with E-state index in [9.17, 15) is 9.59 Å². The predicted octanol–water partition coefficient (Wildman–Crippen LogP) is 3.94. The predicted molar refractivity (Wildman–Crippen MR) is 120 cm³/mol. The highest BCUT2D eigenvalue weighted by molar-refractivity contribution is 7.99. The maximum atomic E-state index is 12.3. The summed E-state index contributed by atoms with van der Waals surface area (Å²) < 4.78 is 1.72. The molecular weight excluding hydrogens is 422 g/mol. The lowest BCUT2D eigenvalue weighted by atomic mass is 10.1. The number of thioether (sulfide) groups is 1. The SMILES string of the molecule is CCc1ccccc1NC(=O)CSc1nnc(CC(=O)Nc2ccc(Cl)cc2)n1C. The number of benzene rings is 2. The molecule has 0 spiro atoms. The molecule has 0 aliphatic heterocycles. The van der Waals surface area contributed by atoms with Crippen LogP contribution in [0.1, 0.15) is 18.3 Å². The van der Waals surface area contributed by atoms with Crippen LogP contribution in [0.25, 0.3) is 0 Å². The molecule has 0 atom stereocenters. The molecule has 0 fully saturated rings. The van der Waals surface area contributed by atoms with Crippen molar-refractivity contribution in [1.82, 2.24) is 14.8 Å². The summed E-state index contributed by atoms with van der Waals surface area (Å²) in [7, 11) is 1.78. The lowest BCUT2D eigenvalue weighted by molar-refractivity contribution is -0.116. The summed E-state index contributed by atoms with van der Waals surface area (Å²) in [5.74, 6) is 0.381. The molecule has 3 aromatic rings. The van der Waals surface area contributed by atoms with Crippen molar-refractivity contribution in [2.24, 2.45) is 7.05 Å². The number of nitrogens with one attached hydrogen (secondary N) is 2. The number of aromatic nitrogens is 3. The van der Waals surface area contributed by atoms with Crippen molar-refractivity contribution < 1.29 is 9.59 Å². The molecule has 0 saturated heterocycles. The van der Waals surface area contributed by atoms with Gasteiger partial charge in [0.15, 0.2) is 5.16 Å². The van der Waals surface area contributed by atoms with Crippen LogP contribution >= 0.6 is 23.4 Å². The maximum Gasteiger partial charge on any atom is 0.234 e. The molecule has 156 valence electrons. The highest BCUT2D eigenvalue weighted by Gasteiger charge is 2.15. The first kappa shape index (κ1) is 21.9. The molecule has 9 heteroatoms. The van der Waals surface area contributed by atoms with Gasteiger partial charge in [-0.15, -0.1) is 10.2 Å². The second-order valence-electron chi connectivity index (χ2n) is 6.54. The molecule has 2 amide bonds. The van der Waals surface area contributed by atoms with Crippen molar-refractivity contribution in [2.75, 3.05) is 16.4 Å². The molecule has 30 heavy (non-hydrogen) atoms. The van der Waals surface area contributed by atoms with Gasteiger partial charge < -0.3 is 15.2 Å². The standard InChI is InChI=1S/C21H22ClN5O2S/c1-3-14-6-4-5-7-17(14)24-20(29)13-30-21-26-25-18(27(21)2)12-19(28)23-16-10-8-15(22)9-11-16/h4-11H,3,12-13H2,1-2H3,(H,23,28)(H,24,29). The number of para-hydroxylation sites is 1. The minimum atomic E-state index is -0.210. The van der Waals surface area contributed by atoms with Crippen LogP contribution in [0, 0.1) is 0 Å². The Kier molecular flexibility index (Phi) is 7.48. The van der Waals surface area contributed by atoms with Gasteiger partial charge >= 0.3 is 0 Å². The molecular formula is C21H22ClN5O2S. The van der Waals surface area contributed by atoms with Crippen molar-refractivity contribution in [1.29, 1.82) is 0 Å². The fraction of sp³-hybridized carbons (Fsp3) is 0.238. The van der Waals surface area contributed by atoms with E-state index in [-0.39, 0.29) is 24.0 Å². The van der Waals surface area contributed by atoms with Gasteiger partial charge in [0.1, 0.15) is 5.82 Å². The number of carbonyl (C=O) groups is 2. The lowest BCUT2D eigenvalue weighted by Gasteiger charge is -2.09. The van der Waals surface area contributed by atoms with Gasteiger partial charge in [-0.1, -0.05) is 48.5 Å². The maximum absolute atomic E-state index is 12.3. The van der Waals surface area contributed by atoms with Gasteiger partial charge in [0.25, 0.3) is 0 Å². The fourth-order valence-electron chi connectivity index (χ4n) is 2.77. The summed E-state index contributed by atoms with van der Waals surface area (Å²) in [5, 5.41) is 15.1. The molecule has 2 N–H and O–H groups in total. The van der Waals surface area contributed by atoms with Gasteiger partial charge in [0.05, 0.1) is 12.2 Å². The Morgan fingerprint density at radius 3 is 2.50 bits per heavy atom. The van der Waals surface area contributed by atoms with Gasteiger partial charge in [0, 0.05) is 23.4 Å². The molecule has 2 aromatic carbocycles. The van der Waals surface area contributed by atoms with Crippen molar-refractivity contribution >= 4 is 46.6 Å². The third-order valence-corrected chi connectivity index (χ3v) is 5.65. The number of nitrogens with zero attached hydrogens (tertiary/aromatic N) is 3. The Morgan fingerprint density at radius 1 is 1.03 bits per heavy atom.